The van der Waals surface area contributed by atoms with Gasteiger partial charge in [0.2, 0.25) is 0 Å². The molecule has 5 atom stereocenters. The summed E-state index contributed by atoms with van der Waals surface area (Å²) in [7, 11) is 0. The Morgan fingerprint density at radius 2 is 1.95 bits per heavy atom. The van der Waals surface area contributed by atoms with E-state index < -0.39 is 36.6 Å². The van der Waals surface area contributed by atoms with Crippen LogP contribution in [-0.2, 0) is 4.74 Å². The molecule has 1 aromatic heterocycles. The van der Waals surface area contributed by atoms with Crippen LogP contribution in [0.3, 0.4) is 0 Å². The Hall–Kier alpha value is -1.74. The Bertz CT molecular complexity index is 537. The average molecular weight is 298 g/mol. The molecule has 0 bridgehead atoms. The van der Waals surface area contributed by atoms with Crippen molar-refractivity contribution >= 4 is 5.91 Å². The maximum Gasteiger partial charge on any atom is 0.275 e. The van der Waals surface area contributed by atoms with Gasteiger partial charge in [0.25, 0.3) is 5.91 Å². The molecule has 21 heavy (non-hydrogen) atoms. The van der Waals surface area contributed by atoms with Gasteiger partial charge in [-0.15, -0.1) is 0 Å². The molecule has 1 aliphatic heterocycles. The summed E-state index contributed by atoms with van der Waals surface area (Å²) in [5, 5.41) is 41.2. The number of ether oxygens (including phenoxy) is 1. The Morgan fingerprint density at radius 3 is 2.62 bits per heavy atom. The summed E-state index contributed by atoms with van der Waals surface area (Å²) in [6, 6.07) is 1.54. The molecule has 1 amide bonds. The number of carbonyl (C=O) groups excluding carboxylic acids is 1. The average Bonchev–Trinajstić information content (AvgIpc) is 2.45. The Balaban J connectivity index is 2.14. The van der Waals surface area contributed by atoms with Crippen molar-refractivity contribution in [2.24, 2.45) is 0 Å². The van der Waals surface area contributed by atoms with Crippen molar-refractivity contribution < 1.29 is 30.0 Å². The number of amides is 1. The largest absolute Gasteiger partial charge is 0.505 e. The van der Waals surface area contributed by atoms with Crippen molar-refractivity contribution in [3.05, 3.63) is 23.5 Å². The minimum Gasteiger partial charge on any atom is -0.505 e. The van der Waals surface area contributed by atoms with Gasteiger partial charge in [-0.3, -0.25) is 4.79 Å². The highest BCUT2D eigenvalue weighted by molar-refractivity contribution is 5.95. The molecule has 1 aromatic rings. The first-order valence-electron chi connectivity index (χ1n) is 6.48. The van der Waals surface area contributed by atoms with Gasteiger partial charge in [-0.2, -0.15) is 0 Å². The highest BCUT2D eigenvalue weighted by Crippen LogP contribution is 2.22. The third-order valence-corrected chi connectivity index (χ3v) is 3.47. The van der Waals surface area contributed by atoms with E-state index in [2.05, 4.69) is 10.3 Å². The summed E-state index contributed by atoms with van der Waals surface area (Å²) in [5.74, 6) is -1.02. The van der Waals surface area contributed by atoms with Crippen LogP contribution >= 0.6 is 0 Å². The van der Waals surface area contributed by atoms with E-state index in [1.165, 1.54) is 13.1 Å². The molecule has 8 nitrogen and oxygen atoms in total. The number of aliphatic hydroxyl groups is 3. The first-order chi connectivity index (χ1) is 9.82. The Morgan fingerprint density at radius 1 is 1.29 bits per heavy atom. The third-order valence-electron chi connectivity index (χ3n) is 3.47. The quantitative estimate of drug-likeness (QED) is 0.456. The molecule has 0 spiro atoms. The number of hydrogen-bond donors (Lipinski definition) is 5. The number of aromatic hydroxyl groups is 1. The number of aliphatic hydroxyl groups excluding tert-OH is 3. The van der Waals surface area contributed by atoms with Crippen LogP contribution in [0.1, 0.15) is 23.0 Å². The molecule has 0 unspecified atom stereocenters. The molecule has 1 fully saturated rings. The standard InChI is InChI=1S/C13H18N2O6/c1-5-3-4-14-7(8(5)16)12(20)15-13-11(19)10(18)9(17)6(2)21-13/h3-4,6,9-11,13,16-19H,1-2H3,(H,15,20)/t6-,9+,10-,11+,13-/m0/s1. The molecule has 0 radical (unpaired) electrons. The van der Waals surface area contributed by atoms with Crippen molar-refractivity contribution in [2.45, 2.75) is 44.5 Å². The van der Waals surface area contributed by atoms with Gasteiger partial charge in [0, 0.05) is 6.20 Å². The van der Waals surface area contributed by atoms with E-state index in [1.54, 1.807) is 13.0 Å². The molecule has 0 aliphatic carbocycles. The number of hydrogen-bond acceptors (Lipinski definition) is 7. The highest BCUT2D eigenvalue weighted by atomic mass is 16.5. The number of nitrogens with zero attached hydrogens (tertiary/aromatic N) is 1. The Labute approximate surface area is 121 Å². The molecular formula is C13H18N2O6. The zero-order valence-corrected chi connectivity index (χ0v) is 11.6. The SMILES string of the molecule is Cc1ccnc(C(=O)N[C@H]2O[C@@H](C)[C@@H](O)[C@H](O)[C@H]2O)c1O. The molecular weight excluding hydrogens is 280 g/mol. The molecule has 0 saturated carbocycles. The number of aromatic nitrogens is 1. The summed E-state index contributed by atoms with van der Waals surface area (Å²) in [6.07, 6.45) is -4.81. The van der Waals surface area contributed by atoms with E-state index in [-0.39, 0.29) is 11.4 Å². The first-order valence-corrected chi connectivity index (χ1v) is 6.48. The summed E-state index contributed by atoms with van der Waals surface area (Å²) in [4.78, 5) is 15.8. The lowest BCUT2D eigenvalue weighted by atomic mass is 9.99. The van der Waals surface area contributed by atoms with Crippen molar-refractivity contribution in [2.75, 3.05) is 0 Å². The third kappa shape index (κ3) is 2.98. The first kappa shape index (κ1) is 15.6. The van der Waals surface area contributed by atoms with Gasteiger partial charge in [-0.1, -0.05) is 0 Å². The van der Waals surface area contributed by atoms with Crippen LogP contribution in [0, 0.1) is 6.92 Å². The molecule has 1 aliphatic rings. The molecule has 116 valence electrons. The minimum absolute atomic E-state index is 0.209. The fourth-order valence-electron chi connectivity index (χ4n) is 2.08. The van der Waals surface area contributed by atoms with Crippen molar-refractivity contribution in [1.82, 2.24) is 10.3 Å². The van der Waals surface area contributed by atoms with Crippen molar-refractivity contribution in [3.8, 4) is 5.75 Å². The monoisotopic (exact) mass is 298 g/mol. The van der Waals surface area contributed by atoms with Crippen LogP contribution in [0.25, 0.3) is 0 Å². The van der Waals surface area contributed by atoms with Crippen LogP contribution in [0.4, 0.5) is 0 Å². The highest BCUT2D eigenvalue weighted by Gasteiger charge is 2.42. The number of pyridine rings is 1. The number of carbonyl (C=O) groups is 1. The predicted octanol–water partition coefficient (Wildman–Crippen LogP) is -1.35. The number of nitrogens with one attached hydrogen (secondary N) is 1. The molecule has 2 rings (SSSR count). The topological polar surface area (TPSA) is 132 Å². The van der Waals surface area contributed by atoms with E-state index in [9.17, 15) is 25.2 Å². The zero-order chi connectivity index (χ0) is 15.7. The summed E-state index contributed by atoms with van der Waals surface area (Å²) in [6.45, 7) is 3.11. The van der Waals surface area contributed by atoms with Crippen LogP contribution in [0.5, 0.6) is 5.75 Å². The summed E-state index contributed by atoms with van der Waals surface area (Å²) < 4.78 is 5.24. The second-order valence-corrected chi connectivity index (χ2v) is 5.03. The van der Waals surface area contributed by atoms with Crippen LogP contribution in [-0.4, -0.2) is 62.0 Å². The second kappa shape index (κ2) is 5.94. The van der Waals surface area contributed by atoms with Crippen LogP contribution < -0.4 is 5.32 Å². The van der Waals surface area contributed by atoms with E-state index >= 15 is 0 Å². The lowest BCUT2D eigenvalue weighted by Gasteiger charge is -2.39. The van der Waals surface area contributed by atoms with Gasteiger partial charge in [0.15, 0.2) is 11.9 Å². The summed E-state index contributed by atoms with van der Waals surface area (Å²) in [5.41, 5.74) is 0.267. The zero-order valence-electron chi connectivity index (χ0n) is 11.6. The lowest BCUT2D eigenvalue weighted by Crippen LogP contribution is -2.61. The van der Waals surface area contributed by atoms with Gasteiger partial charge in [-0.25, -0.2) is 4.98 Å². The Kier molecular flexibility index (Phi) is 4.43. The number of rotatable bonds is 2. The van der Waals surface area contributed by atoms with Gasteiger partial charge in [-0.05, 0) is 25.5 Å². The fourth-order valence-corrected chi connectivity index (χ4v) is 2.08. The smallest absolute Gasteiger partial charge is 0.275 e. The maximum atomic E-state index is 12.1. The number of aryl methyl sites for hydroxylation is 1. The van der Waals surface area contributed by atoms with Crippen LogP contribution in [0.15, 0.2) is 12.3 Å². The molecule has 5 N–H and O–H groups in total. The van der Waals surface area contributed by atoms with Gasteiger partial charge in [0.05, 0.1) is 6.10 Å². The van der Waals surface area contributed by atoms with E-state index in [1.807, 2.05) is 0 Å². The van der Waals surface area contributed by atoms with Crippen molar-refractivity contribution in [3.63, 3.8) is 0 Å². The van der Waals surface area contributed by atoms with E-state index in [0.717, 1.165) is 0 Å². The second-order valence-electron chi connectivity index (χ2n) is 5.03. The van der Waals surface area contributed by atoms with Crippen LogP contribution in [0.2, 0.25) is 0 Å². The normalized spacial score (nSPS) is 32.7. The molecule has 0 aromatic carbocycles. The maximum absolute atomic E-state index is 12.1. The van der Waals surface area contributed by atoms with Gasteiger partial charge < -0.3 is 30.5 Å². The summed E-state index contributed by atoms with van der Waals surface area (Å²) >= 11 is 0. The van der Waals surface area contributed by atoms with Gasteiger partial charge in [0.1, 0.15) is 24.1 Å². The van der Waals surface area contributed by atoms with E-state index in [4.69, 9.17) is 4.74 Å². The predicted molar refractivity (Wildman–Crippen MR) is 70.5 cm³/mol. The fraction of sp³-hybridized carbons (Fsp3) is 0.538. The molecule has 1 saturated heterocycles. The van der Waals surface area contributed by atoms with Gasteiger partial charge >= 0.3 is 0 Å². The molecule has 2 heterocycles. The van der Waals surface area contributed by atoms with Crippen molar-refractivity contribution in [1.29, 1.82) is 0 Å². The minimum atomic E-state index is -1.49. The lowest BCUT2D eigenvalue weighted by molar-refractivity contribution is -0.221. The van der Waals surface area contributed by atoms with E-state index in [0.29, 0.717) is 5.56 Å². The molecule has 8 heteroatoms.